The van der Waals surface area contributed by atoms with E-state index in [0.717, 1.165) is 43.8 Å². The molecule has 4 fully saturated rings. The summed E-state index contributed by atoms with van der Waals surface area (Å²) in [5, 5.41) is 0. The van der Waals surface area contributed by atoms with Crippen molar-refractivity contribution in [3.63, 3.8) is 0 Å². The lowest BCUT2D eigenvalue weighted by Crippen LogP contribution is -2.70. The molecule has 0 unspecified atom stereocenters. The van der Waals surface area contributed by atoms with Crippen molar-refractivity contribution in [3.8, 4) is 0 Å². The summed E-state index contributed by atoms with van der Waals surface area (Å²) in [4.78, 5) is 57.9. The fourth-order valence-electron chi connectivity index (χ4n) is 14.1. The van der Waals surface area contributed by atoms with Gasteiger partial charge in [0, 0.05) is 19.4 Å². The van der Waals surface area contributed by atoms with E-state index in [1.165, 1.54) is 13.8 Å². The van der Waals surface area contributed by atoms with Gasteiger partial charge in [-0.3, -0.25) is 24.1 Å². The van der Waals surface area contributed by atoms with Crippen LogP contribution in [-0.2, 0) is 138 Å². The molecule has 0 radical (unpaired) electrons. The number of rotatable bonds is 32. The molecule has 9 aromatic carbocycles. The van der Waals surface area contributed by atoms with E-state index in [4.69, 9.17) is 75.8 Å². The number of hydrogen-bond donors (Lipinski definition) is 0. The Balaban J connectivity index is 0.883. The van der Waals surface area contributed by atoms with Crippen LogP contribution in [0.1, 0.15) is 90.9 Å². The van der Waals surface area contributed by atoms with Crippen molar-refractivity contribution in [2.45, 2.75) is 165 Å². The number of esters is 2. The molecule has 2 amide bonds. The fourth-order valence-corrected chi connectivity index (χ4v) is 14.1. The largest absolute Gasteiger partial charge is 0.461 e. The van der Waals surface area contributed by atoms with Crippen LogP contribution in [0.4, 0.5) is 0 Å². The summed E-state index contributed by atoms with van der Waals surface area (Å²) in [6.07, 6.45) is -18.5. The average Bonchev–Trinajstić information content (AvgIpc) is 1.45. The number of hydrogen-bond acceptors (Lipinski definition) is 20. The van der Waals surface area contributed by atoms with E-state index >= 15 is 9.59 Å². The quantitative estimate of drug-likeness (QED) is 0.0283. The van der Waals surface area contributed by atoms with Crippen LogP contribution in [0.3, 0.4) is 0 Å². The van der Waals surface area contributed by atoms with E-state index in [-0.39, 0.29) is 83.8 Å². The fraction of sp³-hybridized carbons (Fsp3) is 0.333. The molecule has 0 aromatic heterocycles. The number of carbonyl (C=O) groups excluding carboxylic acids is 4. The van der Waals surface area contributed by atoms with E-state index in [1.54, 1.807) is 24.3 Å². The first kappa shape index (κ1) is 75.3. The van der Waals surface area contributed by atoms with Crippen LogP contribution < -0.4 is 0 Å². The Morgan fingerprint density at radius 1 is 0.361 bits per heavy atom. The standard InChI is InChI=1S/C87H87NO20/c1-57(89)95-48-65-42-44-66(45-43-65)53-100-85-73(88-82(91)68-40-24-25-41-69(68)83(88)92)77(97-50-62-32-16-6-17-33-62)75(71(103-85)55-94-47-60-28-12-4-13-29-60)107-87-81(102-58(2)90)79(76-72(105-87)56-101-84(106-76)67-38-22-9-23-39-67)108-86-80(99-52-64-36-20-8-21-37-64)78(98-51-63-34-18-7-19-35-63)74(96-49-61-30-14-5-15-31-61)70(104-86)54-93-46-59-26-10-3-11-27-59/h3-45,70-81,84-87H,46-56H2,1-2H3/t70-,71-,72-,73-,74+,75-,76+,77-,78+,79+,80-,81-,84+,85-,86-,87+/m1/s1. The number of imide groups is 1. The maximum Gasteiger partial charge on any atom is 0.303 e. The highest BCUT2D eigenvalue weighted by molar-refractivity contribution is 6.21. The molecule has 5 aliphatic rings. The van der Waals surface area contributed by atoms with Crippen molar-refractivity contribution in [2.75, 3.05) is 19.8 Å². The van der Waals surface area contributed by atoms with Crippen LogP contribution in [0.25, 0.3) is 0 Å². The molecule has 21 heteroatoms. The van der Waals surface area contributed by atoms with Gasteiger partial charge in [0.15, 0.2) is 31.3 Å². The first-order chi connectivity index (χ1) is 53.0. The molecule has 0 spiro atoms. The summed E-state index contributed by atoms with van der Waals surface area (Å²) in [5.74, 6) is -2.44. The minimum atomic E-state index is -1.65. The van der Waals surface area contributed by atoms with Crippen LogP contribution in [0.2, 0.25) is 0 Å². The molecule has 4 saturated heterocycles. The van der Waals surface area contributed by atoms with E-state index in [0.29, 0.717) is 11.1 Å². The van der Waals surface area contributed by atoms with E-state index in [2.05, 4.69) is 0 Å². The molecule has 16 atom stereocenters. The Morgan fingerprint density at radius 3 is 1.24 bits per heavy atom. The van der Waals surface area contributed by atoms with Gasteiger partial charge in [0.2, 0.25) is 0 Å². The summed E-state index contributed by atoms with van der Waals surface area (Å²) >= 11 is 0. The number of ether oxygens (including phenoxy) is 16. The Hall–Kier alpha value is -9.50. The Bertz CT molecular complexity index is 4270. The Kier molecular flexibility index (Phi) is 25.9. The molecule has 0 N–H and O–H groups in total. The molecule has 5 heterocycles. The lowest BCUT2D eigenvalue weighted by atomic mass is 9.93. The van der Waals surface area contributed by atoms with Gasteiger partial charge in [-0.25, -0.2) is 0 Å². The topological polar surface area (TPSA) is 219 Å². The lowest BCUT2D eigenvalue weighted by molar-refractivity contribution is -0.409. The zero-order chi connectivity index (χ0) is 74.0. The van der Waals surface area contributed by atoms with Gasteiger partial charge in [0.1, 0.15) is 73.7 Å². The molecule has 108 heavy (non-hydrogen) atoms. The molecule has 0 saturated carbocycles. The first-order valence-electron chi connectivity index (χ1n) is 36.4. The SMILES string of the molecule is CC(=O)OCc1ccc(CO[C@@H]2O[C@H](COCc3ccccc3)[C@@H](O[C@@H]3O[C@@H]4CO[C@H](c5ccccc5)O[C@@H]4[C@H](O[C@H]4O[C@H](COCc5ccccc5)[C@H](OCc5ccccc5)[C@H](OCc5ccccc5)[C@H]4OCc4ccccc4)[C@H]3OC(C)=O)[C@H](OCc3ccccc3)[C@H]2N2C(=O)c3ccccc3C2=O)cc1. The summed E-state index contributed by atoms with van der Waals surface area (Å²) in [7, 11) is 0. The predicted octanol–water partition coefficient (Wildman–Crippen LogP) is 12.7. The summed E-state index contributed by atoms with van der Waals surface area (Å²) < 4.78 is 112. The van der Waals surface area contributed by atoms with Crippen LogP contribution in [0.15, 0.2) is 261 Å². The van der Waals surface area contributed by atoms with Gasteiger partial charge in [-0.2, -0.15) is 0 Å². The van der Waals surface area contributed by atoms with Crippen molar-refractivity contribution in [3.05, 3.63) is 322 Å². The van der Waals surface area contributed by atoms with E-state index < -0.39 is 122 Å². The second kappa shape index (κ2) is 37.1. The third-order valence-electron chi connectivity index (χ3n) is 19.4. The Labute approximate surface area is 627 Å². The molecule has 560 valence electrons. The maximum absolute atomic E-state index is 15.3. The second-order valence-corrected chi connectivity index (χ2v) is 27.1. The highest BCUT2D eigenvalue weighted by Crippen LogP contribution is 2.43. The highest BCUT2D eigenvalue weighted by Gasteiger charge is 2.61. The Morgan fingerprint density at radius 2 is 0.750 bits per heavy atom. The molecule has 5 aliphatic heterocycles. The van der Waals surface area contributed by atoms with Crippen LogP contribution in [0, 0.1) is 0 Å². The van der Waals surface area contributed by atoms with E-state index in [1.807, 2.05) is 237 Å². The number of fused-ring (bicyclic) bond motifs is 2. The number of carbonyl (C=O) groups is 4. The lowest BCUT2D eigenvalue weighted by Gasteiger charge is -2.53. The zero-order valence-electron chi connectivity index (χ0n) is 60.0. The number of nitrogens with zero attached hydrogens (tertiary/aromatic N) is 1. The third-order valence-corrected chi connectivity index (χ3v) is 19.4. The van der Waals surface area contributed by atoms with Crippen LogP contribution >= 0.6 is 0 Å². The normalized spacial score (nSPS) is 26.1. The monoisotopic (exact) mass is 1470 g/mol. The van der Waals surface area contributed by atoms with E-state index in [9.17, 15) is 9.59 Å². The molecular weight excluding hydrogens is 1380 g/mol. The molecule has 14 rings (SSSR count). The zero-order valence-corrected chi connectivity index (χ0v) is 60.0. The second-order valence-electron chi connectivity index (χ2n) is 27.1. The maximum atomic E-state index is 15.3. The smallest absolute Gasteiger partial charge is 0.303 e. The van der Waals surface area contributed by atoms with Gasteiger partial charge in [-0.05, 0) is 56.6 Å². The van der Waals surface area contributed by atoms with Crippen molar-refractivity contribution in [1.82, 2.24) is 4.90 Å². The highest BCUT2D eigenvalue weighted by atomic mass is 16.8. The van der Waals surface area contributed by atoms with Crippen LogP contribution in [0.5, 0.6) is 0 Å². The third kappa shape index (κ3) is 19.1. The van der Waals surface area contributed by atoms with Crippen molar-refractivity contribution in [1.29, 1.82) is 0 Å². The van der Waals surface area contributed by atoms with Crippen molar-refractivity contribution in [2.24, 2.45) is 0 Å². The minimum Gasteiger partial charge on any atom is -0.461 e. The first-order valence-corrected chi connectivity index (χ1v) is 36.4. The summed E-state index contributed by atoms with van der Waals surface area (Å²) in [5.41, 5.74) is 7.53. The average molecular weight is 1470 g/mol. The minimum absolute atomic E-state index is 0.0210. The van der Waals surface area contributed by atoms with Crippen molar-refractivity contribution < 1.29 is 95.0 Å². The summed E-state index contributed by atoms with van der Waals surface area (Å²) in [6, 6.07) is 79.9. The van der Waals surface area contributed by atoms with Gasteiger partial charge in [0.05, 0.1) is 77.2 Å². The predicted molar refractivity (Wildman–Crippen MR) is 391 cm³/mol. The van der Waals surface area contributed by atoms with Gasteiger partial charge < -0.3 is 75.8 Å². The van der Waals surface area contributed by atoms with Gasteiger partial charge in [0.25, 0.3) is 11.8 Å². The number of amides is 2. The molecule has 9 aromatic rings. The number of benzene rings is 9. The molecule has 0 aliphatic carbocycles. The van der Waals surface area contributed by atoms with Gasteiger partial charge >= 0.3 is 11.9 Å². The molecule has 0 bridgehead atoms. The molecular formula is C87H87NO20. The van der Waals surface area contributed by atoms with Crippen molar-refractivity contribution >= 4 is 23.8 Å². The molecule has 21 nitrogen and oxygen atoms in total. The van der Waals surface area contributed by atoms with Gasteiger partial charge in [-0.15, -0.1) is 0 Å². The van der Waals surface area contributed by atoms with Crippen LogP contribution in [-0.4, -0.2) is 141 Å². The summed E-state index contributed by atoms with van der Waals surface area (Å²) in [6.45, 7) is 2.83. The van der Waals surface area contributed by atoms with Gasteiger partial charge in [-0.1, -0.05) is 249 Å².